The van der Waals surface area contributed by atoms with Crippen LogP contribution >= 0.6 is 50.7 Å². The number of benzene rings is 2. The van der Waals surface area contributed by atoms with E-state index in [2.05, 4.69) is 21.1 Å². The summed E-state index contributed by atoms with van der Waals surface area (Å²) in [7, 11) is 0. The maximum atomic E-state index is 8.65. The molecule has 110 valence electrons. The van der Waals surface area contributed by atoms with Crippen LogP contribution in [0.5, 0.6) is 11.5 Å². The first kappa shape index (κ1) is 16.2. The number of nitrogens with zero attached hydrogens (tertiary/aromatic N) is 1. The molecule has 0 atom stereocenters. The van der Waals surface area contributed by atoms with Gasteiger partial charge >= 0.3 is 0 Å². The molecule has 0 unspecified atom stereocenters. The zero-order valence-corrected chi connectivity index (χ0v) is 14.1. The van der Waals surface area contributed by atoms with Crippen LogP contribution in [0, 0.1) is 0 Å². The van der Waals surface area contributed by atoms with Crippen molar-refractivity contribution < 1.29 is 9.94 Å². The van der Waals surface area contributed by atoms with Crippen LogP contribution in [0.15, 0.2) is 40.0 Å². The molecule has 0 amide bonds. The van der Waals surface area contributed by atoms with Gasteiger partial charge in [-0.15, -0.1) is 0 Å². The molecule has 0 aliphatic rings. The van der Waals surface area contributed by atoms with Crippen LogP contribution in [0.2, 0.25) is 15.1 Å². The van der Waals surface area contributed by atoms with E-state index in [4.69, 9.17) is 50.5 Å². The van der Waals surface area contributed by atoms with Crippen LogP contribution in [0.3, 0.4) is 0 Å². The Morgan fingerprint density at radius 2 is 1.71 bits per heavy atom. The number of hydrogen-bond donors (Lipinski definition) is 2. The summed E-state index contributed by atoms with van der Waals surface area (Å²) in [5.41, 5.74) is 6.05. The lowest BCUT2D eigenvalue weighted by Crippen LogP contribution is -2.12. The van der Waals surface area contributed by atoms with E-state index in [1.54, 1.807) is 18.2 Å². The zero-order valence-electron chi connectivity index (χ0n) is 10.3. The molecule has 0 spiro atoms. The largest absolute Gasteiger partial charge is 0.455 e. The fourth-order valence-corrected chi connectivity index (χ4v) is 2.54. The first-order valence-electron chi connectivity index (χ1n) is 5.52. The van der Waals surface area contributed by atoms with Gasteiger partial charge in [0.15, 0.2) is 5.84 Å². The van der Waals surface area contributed by atoms with E-state index >= 15 is 0 Å². The summed E-state index contributed by atoms with van der Waals surface area (Å²) in [4.78, 5) is 0. The zero-order chi connectivity index (χ0) is 15.6. The number of nitrogens with two attached hydrogens (primary N) is 1. The van der Waals surface area contributed by atoms with Gasteiger partial charge in [0.05, 0.1) is 19.5 Å². The van der Waals surface area contributed by atoms with E-state index in [9.17, 15) is 0 Å². The molecule has 2 aromatic carbocycles. The molecule has 2 aromatic rings. The van der Waals surface area contributed by atoms with Crippen molar-refractivity contribution in [3.8, 4) is 11.5 Å². The van der Waals surface area contributed by atoms with Crippen LogP contribution < -0.4 is 10.5 Å². The highest BCUT2D eigenvalue weighted by Crippen LogP contribution is 2.38. The van der Waals surface area contributed by atoms with Crippen molar-refractivity contribution in [3.05, 3.63) is 55.4 Å². The van der Waals surface area contributed by atoms with Gasteiger partial charge in [-0.05, 0) is 40.2 Å². The molecule has 0 saturated heterocycles. The minimum absolute atomic E-state index is 0.00480. The Bertz CT molecular complexity index is 723. The second-order valence-corrected chi connectivity index (χ2v) is 6.01. The SMILES string of the molecule is N/C(=N/O)c1ccc(Oc2cc(Cl)c(Cl)cc2Cl)c(Br)c1. The van der Waals surface area contributed by atoms with Gasteiger partial charge in [-0.1, -0.05) is 40.0 Å². The summed E-state index contributed by atoms with van der Waals surface area (Å²) in [6.07, 6.45) is 0. The maximum Gasteiger partial charge on any atom is 0.170 e. The number of ether oxygens (including phenoxy) is 1. The topological polar surface area (TPSA) is 67.8 Å². The first-order valence-corrected chi connectivity index (χ1v) is 7.45. The second kappa shape index (κ2) is 6.75. The standard InChI is InChI=1S/C13H8BrCl3N2O2/c14-7-3-6(13(18)19-20)1-2-11(7)21-12-5-9(16)8(15)4-10(12)17/h1-5,20H,(H2,18,19). The van der Waals surface area contributed by atoms with E-state index in [1.165, 1.54) is 12.1 Å². The van der Waals surface area contributed by atoms with E-state index < -0.39 is 0 Å². The van der Waals surface area contributed by atoms with Crippen LogP contribution in [-0.2, 0) is 0 Å². The Balaban J connectivity index is 2.34. The van der Waals surface area contributed by atoms with Gasteiger partial charge in [0.25, 0.3) is 0 Å². The summed E-state index contributed by atoms with van der Waals surface area (Å²) in [5, 5.41) is 12.6. The fourth-order valence-electron chi connectivity index (χ4n) is 1.50. The van der Waals surface area contributed by atoms with Crippen molar-refractivity contribution in [2.45, 2.75) is 0 Å². The van der Waals surface area contributed by atoms with Crippen LogP contribution in [0.25, 0.3) is 0 Å². The smallest absolute Gasteiger partial charge is 0.170 e. The Kier molecular flexibility index (Phi) is 5.22. The molecule has 0 fully saturated rings. The Morgan fingerprint density at radius 1 is 1.05 bits per heavy atom. The number of hydrogen-bond acceptors (Lipinski definition) is 3. The highest BCUT2D eigenvalue weighted by Gasteiger charge is 2.11. The third-order valence-electron chi connectivity index (χ3n) is 2.53. The Labute approximate surface area is 144 Å². The molecule has 0 aliphatic carbocycles. The third-order valence-corrected chi connectivity index (χ3v) is 4.17. The van der Waals surface area contributed by atoms with Crippen molar-refractivity contribution in [1.82, 2.24) is 0 Å². The molecule has 0 bridgehead atoms. The lowest BCUT2D eigenvalue weighted by molar-refractivity contribution is 0.318. The molecule has 3 N–H and O–H groups in total. The summed E-state index contributed by atoms with van der Waals surface area (Å²) in [6.45, 7) is 0. The predicted octanol–water partition coefficient (Wildman–Crippen LogP) is 5.30. The lowest BCUT2D eigenvalue weighted by atomic mass is 10.2. The summed E-state index contributed by atoms with van der Waals surface area (Å²) < 4.78 is 6.28. The van der Waals surface area contributed by atoms with Gasteiger partial charge in [-0.3, -0.25) is 0 Å². The molecule has 4 nitrogen and oxygen atoms in total. The molecule has 2 rings (SSSR count). The highest BCUT2D eigenvalue weighted by atomic mass is 79.9. The van der Waals surface area contributed by atoms with Crippen molar-refractivity contribution >= 4 is 56.6 Å². The molecule has 8 heteroatoms. The monoisotopic (exact) mass is 408 g/mol. The minimum atomic E-state index is -0.00480. The van der Waals surface area contributed by atoms with E-state index in [-0.39, 0.29) is 5.84 Å². The van der Waals surface area contributed by atoms with E-state index in [0.717, 1.165) is 0 Å². The van der Waals surface area contributed by atoms with Gasteiger partial charge in [0, 0.05) is 11.6 Å². The molecule has 0 saturated carbocycles. The predicted molar refractivity (Wildman–Crippen MR) is 88.2 cm³/mol. The van der Waals surface area contributed by atoms with Gasteiger partial charge in [-0.2, -0.15) is 0 Å². The molecule has 0 aromatic heterocycles. The summed E-state index contributed by atoms with van der Waals surface area (Å²) in [5.74, 6) is 0.850. The van der Waals surface area contributed by atoms with Gasteiger partial charge < -0.3 is 15.7 Å². The normalized spacial score (nSPS) is 11.5. The third kappa shape index (κ3) is 3.74. The molecule has 0 aliphatic heterocycles. The molecule has 21 heavy (non-hydrogen) atoms. The van der Waals surface area contributed by atoms with E-state index in [1.807, 2.05) is 0 Å². The minimum Gasteiger partial charge on any atom is -0.455 e. The fraction of sp³-hybridized carbons (Fsp3) is 0. The first-order chi connectivity index (χ1) is 9.92. The Hall–Kier alpha value is -1.14. The number of rotatable bonds is 3. The molecular weight excluding hydrogens is 402 g/mol. The Morgan fingerprint density at radius 3 is 2.33 bits per heavy atom. The lowest BCUT2D eigenvalue weighted by Gasteiger charge is -2.11. The van der Waals surface area contributed by atoms with Crippen LogP contribution in [0.1, 0.15) is 5.56 Å². The molecular formula is C13H8BrCl3N2O2. The van der Waals surface area contributed by atoms with Crippen LogP contribution in [0.4, 0.5) is 0 Å². The number of amidine groups is 1. The van der Waals surface area contributed by atoms with Crippen molar-refractivity contribution in [2.24, 2.45) is 10.9 Å². The van der Waals surface area contributed by atoms with Crippen molar-refractivity contribution in [3.63, 3.8) is 0 Å². The van der Waals surface area contributed by atoms with Crippen molar-refractivity contribution in [2.75, 3.05) is 0 Å². The van der Waals surface area contributed by atoms with Gasteiger partial charge in [0.1, 0.15) is 11.5 Å². The van der Waals surface area contributed by atoms with Crippen molar-refractivity contribution in [1.29, 1.82) is 0 Å². The van der Waals surface area contributed by atoms with Crippen LogP contribution in [-0.4, -0.2) is 11.0 Å². The van der Waals surface area contributed by atoms with Gasteiger partial charge in [0.2, 0.25) is 0 Å². The molecule has 0 radical (unpaired) electrons. The van der Waals surface area contributed by atoms with E-state index in [0.29, 0.717) is 36.6 Å². The highest BCUT2D eigenvalue weighted by molar-refractivity contribution is 9.10. The summed E-state index contributed by atoms with van der Waals surface area (Å²) >= 11 is 21.2. The average molecular weight is 410 g/mol. The average Bonchev–Trinajstić information content (AvgIpc) is 2.45. The maximum absolute atomic E-state index is 8.65. The van der Waals surface area contributed by atoms with Gasteiger partial charge in [-0.25, -0.2) is 0 Å². The second-order valence-electron chi connectivity index (χ2n) is 3.93. The number of halogens is 4. The number of oxime groups is 1. The molecule has 0 heterocycles. The quantitative estimate of drug-likeness (QED) is 0.237. The summed E-state index contributed by atoms with van der Waals surface area (Å²) in [6, 6.07) is 7.96.